The van der Waals surface area contributed by atoms with E-state index < -0.39 is 0 Å². The van der Waals surface area contributed by atoms with Gasteiger partial charge in [-0.3, -0.25) is 0 Å². The number of nitrogens with zero attached hydrogens (tertiary/aromatic N) is 1. The van der Waals surface area contributed by atoms with E-state index in [1.807, 2.05) is 6.92 Å². The van der Waals surface area contributed by atoms with Gasteiger partial charge in [0.1, 0.15) is 0 Å². The van der Waals surface area contributed by atoms with Gasteiger partial charge in [-0.1, -0.05) is 28.1 Å². The third kappa shape index (κ3) is 3.14. The maximum atomic E-state index is 4.45. The van der Waals surface area contributed by atoms with Crippen LogP contribution in [0.1, 0.15) is 16.3 Å². The standard InChI is InChI=1S/C12H12BrNS/c1-9-8-15-12(14-9)6-5-10-3-2-4-11(13)7-10/h2-4,7-8H,5-6H2,1H3. The summed E-state index contributed by atoms with van der Waals surface area (Å²) in [6.07, 6.45) is 2.10. The van der Waals surface area contributed by atoms with Gasteiger partial charge in [-0.25, -0.2) is 4.98 Å². The average Bonchev–Trinajstić information content (AvgIpc) is 2.62. The molecular weight excluding hydrogens is 270 g/mol. The highest BCUT2D eigenvalue weighted by Crippen LogP contribution is 2.15. The molecule has 0 aliphatic heterocycles. The van der Waals surface area contributed by atoms with Crippen LogP contribution in [-0.2, 0) is 12.8 Å². The molecule has 0 aliphatic carbocycles. The summed E-state index contributed by atoms with van der Waals surface area (Å²) in [7, 11) is 0. The van der Waals surface area contributed by atoms with E-state index in [-0.39, 0.29) is 0 Å². The van der Waals surface area contributed by atoms with Crippen molar-refractivity contribution in [1.82, 2.24) is 4.98 Å². The first-order chi connectivity index (χ1) is 7.24. The molecule has 2 rings (SSSR count). The molecule has 0 saturated heterocycles. The Hall–Kier alpha value is -0.670. The Morgan fingerprint density at radius 1 is 1.33 bits per heavy atom. The van der Waals surface area contributed by atoms with Crippen LogP contribution in [0.3, 0.4) is 0 Å². The summed E-state index contributed by atoms with van der Waals surface area (Å²) < 4.78 is 1.15. The molecule has 1 aromatic carbocycles. The van der Waals surface area contributed by atoms with E-state index >= 15 is 0 Å². The van der Waals surface area contributed by atoms with E-state index in [0.717, 1.165) is 23.0 Å². The minimum Gasteiger partial charge on any atom is -0.247 e. The number of hydrogen-bond donors (Lipinski definition) is 0. The van der Waals surface area contributed by atoms with Gasteiger partial charge in [0.05, 0.1) is 5.01 Å². The van der Waals surface area contributed by atoms with Crippen LogP contribution in [0.4, 0.5) is 0 Å². The number of thiazole rings is 1. The van der Waals surface area contributed by atoms with Gasteiger partial charge in [0.2, 0.25) is 0 Å². The lowest BCUT2D eigenvalue weighted by molar-refractivity contribution is 0.936. The maximum Gasteiger partial charge on any atom is 0.0931 e. The second-order valence-corrected chi connectivity index (χ2v) is 5.37. The minimum atomic E-state index is 1.04. The third-order valence-electron chi connectivity index (χ3n) is 2.18. The highest BCUT2D eigenvalue weighted by Gasteiger charge is 2.00. The van der Waals surface area contributed by atoms with Crippen LogP contribution in [0.2, 0.25) is 0 Å². The van der Waals surface area contributed by atoms with Gasteiger partial charge < -0.3 is 0 Å². The zero-order chi connectivity index (χ0) is 10.7. The number of aromatic nitrogens is 1. The highest BCUT2D eigenvalue weighted by molar-refractivity contribution is 9.10. The van der Waals surface area contributed by atoms with Crippen LogP contribution >= 0.6 is 27.3 Å². The van der Waals surface area contributed by atoms with Crippen molar-refractivity contribution >= 4 is 27.3 Å². The molecular formula is C12H12BrNS. The predicted octanol–water partition coefficient (Wildman–Crippen LogP) is 4.00. The molecule has 3 heteroatoms. The fourth-order valence-electron chi connectivity index (χ4n) is 1.46. The first-order valence-corrected chi connectivity index (χ1v) is 6.57. The molecule has 1 heterocycles. The van der Waals surface area contributed by atoms with Crippen LogP contribution in [0.15, 0.2) is 34.1 Å². The monoisotopic (exact) mass is 281 g/mol. The Morgan fingerprint density at radius 3 is 2.87 bits per heavy atom. The van der Waals surface area contributed by atoms with Gasteiger partial charge in [-0.15, -0.1) is 11.3 Å². The lowest BCUT2D eigenvalue weighted by Crippen LogP contribution is -1.90. The Labute approximate surface area is 102 Å². The Morgan fingerprint density at radius 2 is 2.20 bits per heavy atom. The second kappa shape index (κ2) is 4.90. The lowest BCUT2D eigenvalue weighted by atomic mass is 10.1. The highest BCUT2D eigenvalue weighted by atomic mass is 79.9. The number of hydrogen-bond acceptors (Lipinski definition) is 2. The number of benzene rings is 1. The van der Waals surface area contributed by atoms with Crippen molar-refractivity contribution in [2.45, 2.75) is 19.8 Å². The summed E-state index contributed by atoms with van der Waals surface area (Å²) in [6.45, 7) is 2.04. The summed E-state index contributed by atoms with van der Waals surface area (Å²) >= 11 is 5.23. The minimum absolute atomic E-state index is 1.04. The maximum absolute atomic E-state index is 4.45. The van der Waals surface area contributed by atoms with Crippen LogP contribution in [0.25, 0.3) is 0 Å². The van der Waals surface area contributed by atoms with Crippen molar-refractivity contribution in [3.63, 3.8) is 0 Å². The van der Waals surface area contributed by atoms with E-state index in [1.54, 1.807) is 11.3 Å². The summed E-state index contributed by atoms with van der Waals surface area (Å²) in [6, 6.07) is 8.45. The van der Waals surface area contributed by atoms with E-state index in [0.29, 0.717) is 0 Å². The van der Waals surface area contributed by atoms with E-state index in [1.165, 1.54) is 10.6 Å². The molecule has 0 aliphatic rings. The fourth-order valence-corrected chi connectivity index (χ4v) is 2.68. The Balaban J connectivity index is 1.99. The van der Waals surface area contributed by atoms with Crippen LogP contribution < -0.4 is 0 Å². The number of aryl methyl sites for hydroxylation is 3. The van der Waals surface area contributed by atoms with Crippen molar-refractivity contribution in [2.24, 2.45) is 0 Å². The molecule has 1 nitrogen and oxygen atoms in total. The van der Waals surface area contributed by atoms with E-state index in [2.05, 4.69) is 50.6 Å². The van der Waals surface area contributed by atoms with E-state index in [4.69, 9.17) is 0 Å². The zero-order valence-corrected chi connectivity index (χ0v) is 10.9. The van der Waals surface area contributed by atoms with Crippen LogP contribution in [-0.4, -0.2) is 4.98 Å². The van der Waals surface area contributed by atoms with E-state index in [9.17, 15) is 0 Å². The lowest BCUT2D eigenvalue weighted by Gasteiger charge is -1.99. The van der Waals surface area contributed by atoms with Gasteiger partial charge in [0, 0.05) is 22.0 Å². The topological polar surface area (TPSA) is 12.9 Å². The molecule has 0 radical (unpaired) electrons. The van der Waals surface area contributed by atoms with Crippen molar-refractivity contribution in [3.05, 3.63) is 50.4 Å². The summed E-state index contributed by atoms with van der Waals surface area (Å²) in [5.41, 5.74) is 2.49. The fraction of sp³-hybridized carbons (Fsp3) is 0.250. The smallest absolute Gasteiger partial charge is 0.0931 e. The number of rotatable bonds is 3. The van der Waals surface area contributed by atoms with Gasteiger partial charge >= 0.3 is 0 Å². The Bertz CT molecular complexity index is 450. The molecule has 0 amide bonds. The van der Waals surface area contributed by atoms with Gasteiger partial charge in [0.25, 0.3) is 0 Å². The van der Waals surface area contributed by atoms with Gasteiger partial charge in [-0.2, -0.15) is 0 Å². The summed E-state index contributed by atoms with van der Waals surface area (Å²) in [5.74, 6) is 0. The van der Waals surface area contributed by atoms with Gasteiger partial charge in [0.15, 0.2) is 0 Å². The molecule has 15 heavy (non-hydrogen) atoms. The third-order valence-corrected chi connectivity index (χ3v) is 3.70. The molecule has 0 spiro atoms. The van der Waals surface area contributed by atoms with Gasteiger partial charge in [-0.05, 0) is 31.0 Å². The molecule has 0 bridgehead atoms. The molecule has 0 fully saturated rings. The SMILES string of the molecule is Cc1csc(CCc2cccc(Br)c2)n1. The number of halogens is 1. The normalized spacial score (nSPS) is 10.5. The van der Waals surface area contributed by atoms with Crippen LogP contribution in [0.5, 0.6) is 0 Å². The van der Waals surface area contributed by atoms with Crippen molar-refractivity contribution < 1.29 is 0 Å². The van der Waals surface area contributed by atoms with Crippen molar-refractivity contribution in [3.8, 4) is 0 Å². The first kappa shape index (κ1) is 10.8. The van der Waals surface area contributed by atoms with Crippen molar-refractivity contribution in [1.29, 1.82) is 0 Å². The van der Waals surface area contributed by atoms with Crippen molar-refractivity contribution in [2.75, 3.05) is 0 Å². The Kier molecular flexibility index (Phi) is 3.54. The average molecular weight is 282 g/mol. The quantitative estimate of drug-likeness (QED) is 0.829. The molecule has 78 valence electrons. The summed E-state index contributed by atoms with van der Waals surface area (Å²) in [5, 5.41) is 3.34. The first-order valence-electron chi connectivity index (χ1n) is 4.89. The molecule has 0 unspecified atom stereocenters. The molecule has 0 N–H and O–H groups in total. The van der Waals surface area contributed by atoms with Crippen LogP contribution in [0, 0.1) is 6.92 Å². The largest absolute Gasteiger partial charge is 0.247 e. The molecule has 0 atom stereocenters. The predicted molar refractivity (Wildman–Crippen MR) is 68.4 cm³/mol. The second-order valence-electron chi connectivity index (χ2n) is 3.51. The molecule has 1 aromatic heterocycles. The molecule has 0 saturated carbocycles. The molecule has 2 aromatic rings. The zero-order valence-electron chi connectivity index (χ0n) is 8.53. The summed E-state index contributed by atoms with van der Waals surface area (Å²) in [4.78, 5) is 4.45.